The van der Waals surface area contributed by atoms with E-state index in [9.17, 15) is 4.79 Å². The maximum Gasteiger partial charge on any atom is 0.230 e. The molecule has 5 nitrogen and oxygen atoms in total. The van der Waals surface area contributed by atoms with Gasteiger partial charge in [0.2, 0.25) is 5.91 Å². The number of fused-ring (bicyclic) bond motifs is 1. The Labute approximate surface area is 182 Å². The number of anilines is 1. The predicted octanol–water partition coefficient (Wildman–Crippen LogP) is 5.19. The topological polar surface area (TPSA) is 59.8 Å². The molecule has 2 atom stereocenters. The Morgan fingerprint density at radius 3 is 2.53 bits per heavy atom. The van der Waals surface area contributed by atoms with Crippen LogP contribution in [0.4, 0.5) is 5.69 Å². The highest BCUT2D eigenvalue weighted by Gasteiger charge is 2.60. The third kappa shape index (κ3) is 3.08. The fraction of sp³-hybridized carbons (Fsp3) is 0.625. The number of benzene rings is 1. The van der Waals surface area contributed by atoms with Crippen LogP contribution in [-0.4, -0.2) is 25.5 Å². The van der Waals surface area contributed by atoms with E-state index in [1.54, 1.807) is 0 Å². The van der Waals surface area contributed by atoms with Crippen LogP contribution in [0, 0.1) is 17.3 Å². The SMILES string of the molecule is O=C(Nc1ccc(-c2nnc3n2CCCCC3)cc1)C12C[C@H]3C[C@@H](CC(Cl)(C3)C1)C2. The summed E-state index contributed by atoms with van der Waals surface area (Å²) < 4.78 is 2.26. The van der Waals surface area contributed by atoms with Gasteiger partial charge >= 0.3 is 0 Å². The largest absolute Gasteiger partial charge is 0.326 e. The smallest absolute Gasteiger partial charge is 0.230 e. The highest BCUT2D eigenvalue weighted by Crippen LogP contribution is 2.64. The van der Waals surface area contributed by atoms with Crippen LogP contribution >= 0.6 is 11.6 Å². The molecule has 1 aromatic heterocycles. The van der Waals surface area contributed by atoms with Gasteiger partial charge in [0, 0.05) is 29.1 Å². The molecule has 0 saturated heterocycles. The lowest BCUT2D eigenvalue weighted by molar-refractivity contribution is -0.138. The maximum atomic E-state index is 13.4. The van der Waals surface area contributed by atoms with Crippen molar-refractivity contribution in [2.45, 2.75) is 75.6 Å². The summed E-state index contributed by atoms with van der Waals surface area (Å²) in [5, 5.41) is 12.1. The quantitative estimate of drug-likeness (QED) is 0.690. The van der Waals surface area contributed by atoms with Crippen LogP contribution in [0.2, 0.25) is 0 Å². The number of amides is 1. The molecule has 4 fully saturated rings. The number of halogens is 1. The third-order valence-corrected chi connectivity index (χ3v) is 8.42. The zero-order valence-corrected chi connectivity index (χ0v) is 18.1. The van der Waals surface area contributed by atoms with E-state index in [1.165, 1.54) is 25.7 Å². The van der Waals surface area contributed by atoms with Crippen LogP contribution in [0.3, 0.4) is 0 Å². The average Bonchev–Trinajstić information content (AvgIpc) is 2.95. The summed E-state index contributed by atoms with van der Waals surface area (Å²) in [6, 6.07) is 8.12. The van der Waals surface area contributed by atoms with Crippen molar-refractivity contribution in [3.8, 4) is 11.4 Å². The summed E-state index contributed by atoms with van der Waals surface area (Å²) in [4.78, 5) is 13.2. The van der Waals surface area contributed by atoms with E-state index in [1.807, 2.05) is 12.1 Å². The van der Waals surface area contributed by atoms with Gasteiger partial charge < -0.3 is 9.88 Å². The molecule has 158 valence electrons. The molecule has 5 aliphatic rings. The summed E-state index contributed by atoms with van der Waals surface area (Å²) in [5.74, 6) is 3.46. The van der Waals surface area contributed by atoms with E-state index in [0.29, 0.717) is 11.8 Å². The molecule has 4 aliphatic carbocycles. The summed E-state index contributed by atoms with van der Waals surface area (Å²) in [6.45, 7) is 0.987. The molecule has 1 N–H and O–H groups in total. The second-order valence-corrected chi connectivity index (χ2v) is 11.1. The van der Waals surface area contributed by atoms with Crippen molar-refractivity contribution < 1.29 is 4.79 Å². The number of aryl methyl sites for hydroxylation is 1. The molecule has 2 heterocycles. The zero-order chi connectivity index (χ0) is 20.3. The summed E-state index contributed by atoms with van der Waals surface area (Å²) in [6.07, 6.45) is 10.9. The van der Waals surface area contributed by atoms with Crippen molar-refractivity contribution in [3.63, 3.8) is 0 Å². The van der Waals surface area contributed by atoms with E-state index in [4.69, 9.17) is 11.6 Å². The van der Waals surface area contributed by atoms with E-state index < -0.39 is 0 Å². The molecule has 0 unspecified atom stereocenters. The van der Waals surface area contributed by atoms with Crippen molar-refractivity contribution in [3.05, 3.63) is 30.1 Å². The summed E-state index contributed by atoms with van der Waals surface area (Å²) >= 11 is 6.92. The minimum Gasteiger partial charge on any atom is -0.326 e. The van der Waals surface area contributed by atoms with Crippen LogP contribution in [0.15, 0.2) is 24.3 Å². The molecular weight excluding hydrogens is 396 g/mol. The van der Waals surface area contributed by atoms with Gasteiger partial charge in [0.25, 0.3) is 0 Å². The number of nitrogens with one attached hydrogen (secondary N) is 1. The molecule has 4 bridgehead atoms. The number of nitrogens with zero attached hydrogens (tertiary/aromatic N) is 3. The van der Waals surface area contributed by atoms with Gasteiger partial charge in [0.15, 0.2) is 5.82 Å². The number of hydrogen-bond acceptors (Lipinski definition) is 3. The Balaban J connectivity index is 1.21. The Bertz CT molecular complexity index is 968. The fourth-order valence-corrected chi connectivity index (χ4v) is 7.77. The van der Waals surface area contributed by atoms with Crippen molar-refractivity contribution in [2.24, 2.45) is 17.3 Å². The van der Waals surface area contributed by atoms with E-state index in [0.717, 1.165) is 68.0 Å². The van der Waals surface area contributed by atoms with Crippen LogP contribution in [0.25, 0.3) is 11.4 Å². The average molecular weight is 425 g/mol. The van der Waals surface area contributed by atoms with Crippen molar-refractivity contribution >= 4 is 23.2 Å². The lowest BCUT2D eigenvalue weighted by Gasteiger charge is -2.59. The van der Waals surface area contributed by atoms with Gasteiger partial charge in [0.05, 0.1) is 5.41 Å². The first-order valence-corrected chi connectivity index (χ1v) is 11.9. The number of carbonyl (C=O) groups excluding carboxylic acids is 1. The Kier molecular flexibility index (Phi) is 4.28. The Morgan fingerprint density at radius 2 is 1.80 bits per heavy atom. The van der Waals surface area contributed by atoms with Gasteiger partial charge in [-0.3, -0.25) is 4.79 Å². The molecule has 1 aliphatic heterocycles. The number of alkyl halides is 1. The molecule has 1 amide bonds. The number of hydrogen-bond donors (Lipinski definition) is 1. The molecule has 0 radical (unpaired) electrons. The van der Waals surface area contributed by atoms with Gasteiger partial charge in [-0.1, -0.05) is 6.42 Å². The molecule has 7 rings (SSSR count). The van der Waals surface area contributed by atoms with Gasteiger partial charge in [-0.15, -0.1) is 21.8 Å². The highest BCUT2D eigenvalue weighted by molar-refractivity contribution is 6.24. The summed E-state index contributed by atoms with van der Waals surface area (Å²) in [5.41, 5.74) is 1.65. The summed E-state index contributed by atoms with van der Waals surface area (Å²) in [7, 11) is 0. The third-order valence-electron chi connectivity index (χ3n) is 7.98. The monoisotopic (exact) mass is 424 g/mol. The van der Waals surface area contributed by atoms with Crippen LogP contribution in [0.1, 0.15) is 63.6 Å². The highest BCUT2D eigenvalue weighted by atomic mass is 35.5. The first kappa shape index (κ1) is 18.9. The van der Waals surface area contributed by atoms with E-state index in [-0.39, 0.29) is 16.2 Å². The zero-order valence-electron chi connectivity index (χ0n) is 17.4. The second-order valence-electron chi connectivity index (χ2n) is 10.3. The Hall–Kier alpha value is -1.88. The second kappa shape index (κ2) is 6.81. The first-order chi connectivity index (χ1) is 14.5. The minimum atomic E-state index is -0.269. The first-order valence-electron chi connectivity index (χ1n) is 11.5. The van der Waals surface area contributed by atoms with Crippen LogP contribution in [-0.2, 0) is 17.8 Å². The van der Waals surface area contributed by atoms with Crippen molar-refractivity contribution in [1.29, 1.82) is 0 Å². The molecule has 1 aromatic carbocycles. The molecule has 6 heteroatoms. The fourth-order valence-electron chi connectivity index (χ4n) is 7.08. The molecule has 0 spiro atoms. The molecule has 30 heavy (non-hydrogen) atoms. The number of rotatable bonds is 3. The predicted molar refractivity (Wildman–Crippen MR) is 117 cm³/mol. The van der Waals surface area contributed by atoms with Crippen molar-refractivity contribution in [1.82, 2.24) is 14.8 Å². The maximum absolute atomic E-state index is 13.4. The van der Waals surface area contributed by atoms with Crippen molar-refractivity contribution in [2.75, 3.05) is 5.32 Å². The lowest BCUT2D eigenvalue weighted by atomic mass is 9.49. The van der Waals surface area contributed by atoms with Crippen LogP contribution in [0.5, 0.6) is 0 Å². The Morgan fingerprint density at radius 1 is 1.03 bits per heavy atom. The van der Waals surface area contributed by atoms with Gasteiger partial charge in [-0.2, -0.15) is 0 Å². The van der Waals surface area contributed by atoms with Gasteiger partial charge in [0.1, 0.15) is 5.82 Å². The standard InChI is InChI=1S/C24H29ClN4O/c25-24-13-16-10-17(14-24)12-23(11-16,15-24)22(30)26-19-7-5-18(6-8-19)21-28-27-20-4-2-1-3-9-29(20)21/h5-8,16-17H,1-4,9-15H2,(H,26,30)/t16-,17-,23?,24?/m1/s1. The number of carbonyl (C=O) groups is 1. The van der Waals surface area contributed by atoms with Gasteiger partial charge in [-0.05, 0) is 87.5 Å². The normalized spacial score (nSPS) is 34.4. The number of aromatic nitrogens is 3. The molecule has 2 aromatic rings. The lowest BCUT2D eigenvalue weighted by Crippen LogP contribution is -2.57. The molecule has 4 saturated carbocycles. The van der Waals surface area contributed by atoms with Gasteiger partial charge in [-0.25, -0.2) is 0 Å². The minimum absolute atomic E-state index is 0.142. The van der Waals surface area contributed by atoms with E-state index in [2.05, 4.69) is 32.2 Å². The van der Waals surface area contributed by atoms with E-state index >= 15 is 0 Å². The van der Waals surface area contributed by atoms with Crippen LogP contribution < -0.4 is 5.32 Å². The molecular formula is C24H29ClN4O.